The van der Waals surface area contributed by atoms with E-state index in [2.05, 4.69) is 36.6 Å². The maximum Gasteiger partial charge on any atom is 0.242 e. The minimum absolute atomic E-state index is 0.0237. The summed E-state index contributed by atoms with van der Waals surface area (Å²) in [4.78, 5) is 0.188. The van der Waals surface area contributed by atoms with E-state index in [4.69, 9.17) is 5.11 Å². The quantitative estimate of drug-likeness (QED) is 0.789. The molecule has 1 rings (SSSR count). The van der Waals surface area contributed by atoms with Crippen molar-refractivity contribution in [1.82, 2.24) is 4.72 Å². The standard InChI is InChI=1S/C9H13Br2NO3S2/c1-5(2)6(4-13)12-17(14,15)7-3-8(10)16-9(7)11/h3,5-6,12-13H,4H2,1-2H3. The molecule has 17 heavy (non-hydrogen) atoms. The molecule has 1 heterocycles. The van der Waals surface area contributed by atoms with Gasteiger partial charge in [0.2, 0.25) is 10.0 Å². The zero-order valence-corrected chi connectivity index (χ0v) is 14.1. The van der Waals surface area contributed by atoms with E-state index in [9.17, 15) is 8.42 Å². The molecule has 1 aromatic rings. The predicted octanol–water partition coefficient (Wildman–Crippen LogP) is 2.57. The van der Waals surface area contributed by atoms with Crippen molar-refractivity contribution in [2.24, 2.45) is 5.92 Å². The summed E-state index contributed by atoms with van der Waals surface area (Å²) in [7, 11) is -3.60. The maximum atomic E-state index is 12.1. The fourth-order valence-corrected chi connectivity index (χ4v) is 6.34. The fraction of sp³-hybridized carbons (Fsp3) is 0.556. The first-order valence-electron chi connectivity index (χ1n) is 4.86. The van der Waals surface area contributed by atoms with Crippen molar-refractivity contribution in [2.75, 3.05) is 6.61 Å². The lowest BCUT2D eigenvalue weighted by Crippen LogP contribution is -2.41. The molecule has 0 radical (unpaired) electrons. The van der Waals surface area contributed by atoms with Gasteiger partial charge in [0.15, 0.2) is 0 Å². The summed E-state index contributed by atoms with van der Waals surface area (Å²) in [5.41, 5.74) is 0. The third kappa shape index (κ3) is 4.00. The number of aliphatic hydroxyl groups excluding tert-OH is 1. The monoisotopic (exact) mass is 405 g/mol. The molecular weight excluding hydrogens is 394 g/mol. The Kier molecular flexibility index (Phi) is 5.61. The lowest BCUT2D eigenvalue weighted by molar-refractivity contribution is 0.227. The number of sulfonamides is 1. The number of halogens is 2. The maximum absolute atomic E-state index is 12.1. The Balaban J connectivity index is 3.00. The van der Waals surface area contributed by atoms with E-state index in [1.54, 1.807) is 0 Å². The second kappa shape index (κ2) is 6.12. The molecule has 0 amide bonds. The van der Waals surface area contributed by atoms with Crippen LogP contribution in [0.5, 0.6) is 0 Å². The van der Waals surface area contributed by atoms with Crippen LogP contribution in [0.2, 0.25) is 0 Å². The average Bonchev–Trinajstić information content (AvgIpc) is 2.54. The first-order valence-corrected chi connectivity index (χ1v) is 8.74. The van der Waals surface area contributed by atoms with E-state index >= 15 is 0 Å². The zero-order valence-electron chi connectivity index (χ0n) is 9.28. The van der Waals surface area contributed by atoms with Crippen LogP contribution in [-0.4, -0.2) is 26.2 Å². The van der Waals surface area contributed by atoms with Crippen LogP contribution in [-0.2, 0) is 10.0 Å². The van der Waals surface area contributed by atoms with Gasteiger partial charge in [-0.25, -0.2) is 13.1 Å². The van der Waals surface area contributed by atoms with E-state index in [0.29, 0.717) is 3.79 Å². The molecular formula is C9H13Br2NO3S2. The molecule has 1 aromatic heterocycles. The van der Waals surface area contributed by atoms with Gasteiger partial charge in [-0.2, -0.15) is 0 Å². The molecule has 0 bridgehead atoms. The summed E-state index contributed by atoms with van der Waals surface area (Å²) in [5.74, 6) is 0.0237. The highest BCUT2D eigenvalue weighted by Crippen LogP contribution is 2.34. The molecule has 0 aliphatic heterocycles. The lowest BCUT2D eigenvalue weighted by Gasteiger charge is -2.19. The van der Waals surface area contributed by atoms with Gasteiger partial charge in [-0.1, -0.05) is 13.8 Å². The van der Waals surface area contributed by atoms with Crippen LogP contribution in [0.15, 0.2) is 18.5 Å². The number of thiophene rings is 1. The van der Waals surface area contributed by atoms with Crippen LogP contribution in [0.3, 0.4) is 0 Å². The topological polar surface area (TPSA) is 66.4 Å². The van der Waals surface area contributed by atoms with Crippen LogP contribution < -0.4 is 4.72 Å². The smallest absolute Gasteiger partial charge is 0.242 e. The predicted molar refractivity (Wildman–Crippen MR) is 75.8 cm³/mol. The number of hydrogen-bond donors (Lipinski definition) is 2. The van der Waals surface area contributed by atoms with E-state index in [1.165, 1.54) is 17.4 Å². The van der Waals surface area contributed by atoms with Crippen LogP contribution in [0.1, 0.15) is 13.8 Å². The van der Waals surface area contributed by atoms with Gasteiger partial charge in [-0.05, 0) is 43.8 Å². The van der Waals surface area contributed by atoms with E-state index in [1.807, 2.05) is 13.8 Å². The van der Waals surface area contributed by atoms with Gasteiger partial charge < -0.3 is 5.11 Å². The lowest BCUT2D eigenvalue weighted by atomic mass is 10.1. The molecule has 0 saturated heterocycles. The molecule has 1 unspecified atom stereocenters. The second-order valence-corrected chi connectivity index (χ2v) is 9.27. The Morgan fingerprint density at radius 3 is 2.41 bits per heavy atom. The van der Waals surface area contributed by atoms with Crippen molar-refractivity contribution in [3.8, 4) is 0 Å². The highest BCUT2D eigenvalue weighted by atomic mass is 79.9. The van der Waals surface area contributed by atoms with Gasteiger partial charge in [0.1, 0.15) is 4.90 Å². The molecule has 2 N–H and O–H groups in total. The van der Waals surface area contributed by atoms with Crippen molar-refractivity contribution in [3.63, 3.8) is 0 Å². The van der Waals surface area contributed by atoms with Crippen LogP contribution in [0.25, 0.3) is 0 Å². The first kappa shape index (κ1) is 15.6. The normalized spacial score (nSPS) is 14.2. The molecule has 4 nitrogen and oxygen atoms in total. The Labute approximate surface area is 122 Å². The highest BCUT2D eigenvalue weighted by Gasteiger charge is 2.25. The Bertz CT molecular complexity index is 484. The van der Waals surface area contributed by atoms with Gasteiger partial charge in [-0.15, -0.1) is 11.3 Å². The van der Waals surface area contributed by atoms with E-state index in [0.717, 1.165) is 3.79 Å². The summed E-state index contributed by atoms with van der Waals surface area (Å²) in [6, 6.07) is 1.05. The third-order valence-corrected chi connectivity index (χ3v) is 6.47. The summed E-state index contributed by atoms with van der Waals surface area (Å²) in [6.45, 7) is 3.48. The number of rotatable bonds is 5. The van der Waals surface area contributed by atoms with E-state index < -0.39 is 16.1 Å². The first-order chi connectivity index (χ1) is 7.77. The molecule has 98 valence electrons. The van der Waals surface area contributed by atoms with Crippen molar-refractivity contribution >= 4 is 53.2 Å². The number of nitrogens with one attached hydrogen (secondary N) is 1. The Morgan fingerprint density at radius 2 is 2.06 bits per heavy atom. The molecule has 1 atom stereocenters. The molecule has 0 aromatic carbocycles. The molecule has 8 heteroatoms. The van der Waals surface area contributed by atoms with Gasteiger partial charge in [0.25, 0.3) is 0 Å². The molecule has 0 aliphatic rings. The second-order valence-electron chi connectivity index (χ2n) is 3.84. The van der Waals surface area contributed by atoms with Crippen molar-refractivity contribution < 1.29 is 13.5 Å². The van der Waals surface area contributed by atoms with Gasteiger partial charge in [0, 0.05) is 6.04 Å². The summed E-state index contributed by atoms with van der Waals surface area (Å²) in [5, 5.41) is 9.14. The zero-order chi connectivity index (χ0) is 13.2. The number of hydrogen-bond acceptors (Lipinski definition) is 4. The van der Waals surface area contributed by atoms with Crippen LogP contribution in [0.4, 0.5) is 0 Å². The van der Waals surface area contributed by atoms with Crippen molar-refractivity contribution in [1.29, 1.82) is 0 Å². The van der Waals surface area contributed by atoms with Crippen molar-refractivity contribution in [3.05, 3.63) is 13.6 Å². The third-order valence-electron chi connectivity index (χ3n) is 2.22. The Morgan fingerprint density at radius 1 is 1.47 bits per heavy atom. The summed E-state index contributed by atoms with van der Waals surface area (Å²) >= 11 is 7.73. The van der Waals surface area contributed by atoms with Gasteiger partial charge in [-0.3, -0.25) is 0 Å². The van der Waals surface area contributed by atoms with Gasteiger partial charge >= 0.3 is 0 Å². The molecule has 0 aliphatic carbocycles. The van der Waals surface area contributed by atoms with Gasteiger partial charge in [0.05, 0.1) is 14.2 Å². The van der Waals surface area contributed by atoms with Crippen LogP contribution in [0, 0.1) is 5.92 Å². The number of aliphatic hydroxyl groups is 1. The SMILES string of the molecule is CC(C)C(CO)NS(=O)(=O)c1cc(Br)sc1Br. The fourth-order valence-electron chi connectivity index (χ4n) is 1.16. The Hall–Kier alpha value is 0.530. The van der Waals surface area contributed by atoms with Crippen LogP contribution >= 0.6 is 43.2 Å². The van der Waals surface area contributed by atoms with Crippen molar-refractivity contribution in [2.45, 2.75) is 24.8 Å². The minimum Gasteiger partial charge on any atom is -0.395 e. The molecule has 0 spiro atoms. The molecule has 0 fully saturated rings. The summed E-state index contributed by atoms with van der Waals surface area (Å²) in [6.07, 6.45) is 0. The largest absolute Gasteiger partial charge is 0.395 e. The molecule has 0 saturated carbocycles. The summed E-state index contributed by atoms with van der Waals surface area (Å²) < 4.78 is 27.9. The minimum atomic E-state index is -3.60. The van der Waals surface area contributed by atoms with E-state index in [-0.39, 0.29) is 17.4 Å². The average molecular weight is 407 g/mol. The highest BCUT2D eigenvalue weighted by molar-refractivity contribution is 9.12.